The molecule has 3 N–H and O–H groups in total. The number of ether oxygens (including phenoxy) is 1. The lowest BCUT2D eigenvalue weighted by molar-refractivity contribution is -0.144. The summed E-state index contributed by atoms with van der Waals surface area (Å²) in [4.78, 5) is 25.1. The Morgan fingerprint density at radius 1 is 1.11 bits per heavy atom. The number of nitrogens with two attached hydrogens (primary N) is 1. The second-order valence-corrected chi connectivity index (χ2v) is 7.28. The number of hydrogen-bond donors (Lipinski definition) is 2. The fraction of sp³-hybridized carbons (Fsp3) is 0.429. The van der Waals surface area contributed by atoms with E-state index in [0.29, 0.717) is 17.2 Å². The van der Waals surface area contributed by atoms with Gasteiger partial charge in [-0.2, -0.15) is 0 Å². The Morgan fingerprint density at radius 2 is 1.70 bits per heavy atom. The van der Waals surface area contributed by atoms with E-state index in [-0.39, 0.29) is 24.2 Å². The van der Waals surface area contributed by atoms with Gasteiger partial charge in [0.2, 0.25) is 0 Å². The van der Waals surface area contributed by atoms with E-state index in [9.17, 15) is 9.59 Å². The zero-order chi connectivity index (χ0) is 18.7. The summed E-state index contributed by atoms with van der Waals surface area (Å²) in [6, 6.07) is 10.7. The number of hydrogen-bond acceptors (Lipinski definition) is 4. The van der Waals surface area contributed by atoms with Crippen molar-refractivity contribution in [3.8, 4) is 0 Å². The molecule has 0 radical (unpaired) electrons. The van der Waals surface area contributed by atoms with Crippen LogP contribution in [0.5, 0.6) is 0 Å². The van der Waals surface area contributed by atoms with Gasteiger partial charge < -0.3 is 15.8 Å². The van der Waals surface area contributed by atoms with E-state index in [4.69, 9.17) is 10.5 Å². The Labute approximate surface area is 166 Å². The Kier molecular flexibility index (Phi) is 7.08. The molecule has 2 aromatic carbocycles. The normalized spacial score (nSPS) is 20.4. The largest absolute Gasteiger partial charge is 0.467 e. The van der Waals surface area contributed by atoms with Gasteiger partial charge in [0.15, 0.2) is 0 Å². The minimum Gasteiger partial charge on any atom is -0.467 e. The van der Waals surface area contributed by atoms with E-state index in [2.05, 4.69) is 12.2 Å². The fourth-order valence-electron chi connectivity index (χ4n) is 3.79. The van der Waals surface area contributed by atoms with Gasteiger partial charge in [-0.15, -0.1) is 12.4 Å². The molecule has 0 bridgehead atoms. The molecule has 0 aliphatic heterocycles. The first kappa shape index (κ1) is 21.0. The summed E-state index contributed by atoms with van der Waals surface area (Å²) < 4.78 is 4.94. The molecule has 1 fully saturated rings. The molecule has 1 amide bonds. The quantitative estimate of drug-likeness (QED) is 0.612. The molecular weight excluding hydrogens is 364 g/mol. The first-order valence-corrected chi connectivity index (χ1v) is 9.16. The van der Waals surface area contributed by atoms with Crippen LogP contribution in [0.15, 0.2) is 36.4 Å². The highest BCUT2D eigenvalue weighted by Gasteiger charge is 2.33. The van der Waals surface area contributed by atoms with Crippen LogP contribution in [0.1, 0.15) is 43.0 Å². The van der Waals surface area contributed by atoms with Crippen LogP contribution in [0.4, 0.5) is 5.69 Å². The molecule has 27 heavy (non-hydrogen) atoms. The minimum atomic E-state index is -0.633. The number of carbonyl (C=O) groups excluding carboxylic acids is 2. The van der Waals surface area contributed by atoms with Crippen molar-refractivity contribution < 1.29 is 14.3 Å². The van der Waals surface area contributed by atoms with Crippen LogP contribution in [-0.2, 0) is 9.53 Å². The highest BCUT2D eigenvalue weighted by atomic mass is 35.5. The van der Waals surface area contributed by atoms with Crippen molar-refractivity contribution >= 4 is 40.7 Å². The number of rotatable bonds is 4. The lowest BCUT2D eigenvalue weighted by Crippen LogP contribution is -2.47. The number of esters is 1. The smallest absolute Gasteiger partial charge is 0.328 e. The highest BCUT2D eigenvalue weighted by molar-refractivity contribution is 6.05. The molecule has 1 atom stereocenters. The van der Waals surface area contributed by atoms with Gasteiger partial charge in [0, 0.05) is 5.69 Å². The molecule has 0 unspecified atom stereocenters. The average molecular weight is 391 g/mol. The van der Waals surface area contributed by atoms with Gasteiger partial charge in [0.25, 0.3) is 5.91 Å². The van der Waals surface area contributed by atoms with E-state index >= 15 is 0 Å². The fourth-order valence-corrected chi connectivity index (χ4v) is 3.79. The lowest BCUT2D eigenvalue weighted by atomic mass is 9.79. The first-order valence-electron chi connectivity index (χ1n) is 9.16. The number of methoxy groups -OCH3 is 1. The Hall–Kier alpha value is -2.27. The third kappa shape index (κ3) is 4.72. The van der Waals surface area contributed by atoms with E-state index in [1.54, 1.807) is 12.1 Å². The van der Waals surface area contributed by atoms with E-state index in [1.165, 1.54) is 7.11 Å². The lowest BCUT2D eigenvalue weighted by Gasteiger charge is -2.31. The maximum Gasteiger partial charge on any atom is 0.328 e. The predicted octanol–water partition coefficient (Wildman–Crippen LogP) is 3.94. The van der Waals surface area contributed by atoms with Crippen molar-refractivity contribution in [3.05, 3.63) is 42.0 Å². The van der Waals surface area contributed by atoms with Crippen LogP contribution in [0.2, 0.25) is 0 Å². The predicted molar refractivity (Wildman–Crippen MR) is 110 cm³/mol. The summed E-state index contributed by atoms with van der Waals surface area (Å²) in [5.41, 5.74) is 6.89. The molecule has 0 heterocycles. The Morgan fingerprint density at radius 3 is 2.30 bits per heavy atom. The van der Waals surface area contributed by atoms with Gasteiger partial charge in [-0.3, -0.25) is 4.79 Å². The van der Waals surface area contributed by atoms with Crippen molar-refractivity contribution in [2.24, 2.45) is 11.8 Å². The topological polar surface area (TPSA) is 81.4 Å². The van der Waals surface area contributed by atoms with Crippen molar-refractivity contribution in [1.29, 1.82) is 0 Å². The van der Waals surface area contributed by atoms with Gasteiger partial charge in [-0.05, 0) is 47.6 Å². The molecule has 2 aromatic rings. The number of anilines is 1. The SMILES string of the molecule is COC(=O)[C@@H](NC(=O)c1cc2ccccc2cc1N)C1CCC(C)CC1.Cl. The molecule has 0 aromatic heterocycles. The number of fused-ring (bicyclic) bond motifs is 1. The van der Waals surface area contributed by atoms with Gasteiger partial charge in [0.05, 0.1) is 12.7 Å². The highest BCUT2D eigenvalue weighted by Crippen LogP contribution is 2.31. The van der Waals surface area contributed by atoms with Gasteiger partial charge >= 0.3 is 5.97 Å². The van der Waals surface area contributed by atoms with Crippen molar-refractivity contribution in [1.82, 2.24) is 5.32 Å². The number of nitrogen functional groups attached to an aromatic ring is 1. The van der Waals surface area contributed by atoms with E-state index in [1.807, 2.05) is 24.3 Å². The molecule has 0 saturated heterocycles. The summed E-state index contributed by atoms with van der Waals surface area (Å²) >= 11 is 0. The summed E-state index contributed by atoms with van der Waals surface area (Å²) in [5, 5.41) is 4.80. The minimum absolute atomic E-state index is 0. The van der Waals surface area contributed by atoms with Crippen molar-refractivity contribution in [2.75, 3.05) is 12.8 Å². The maximum atomic E-state index is 12.8. The number of amides is 1. The Balaban J connectivity index is 0.00000261. The zero-order valence-corrected chi connectivity index (χ0v) is 16.6. The van der Waals surface area contributed by atoms with E-state index < -0.39 is 12.0 Å². The summed E-state index contributed by atoms with van der Waals surface area (Å²) in [5.74, 6) is 0.0419. The van der Waals surface area contributed by atoms with Crippen LogP contribution in [0.25, 0.3) is 10.8 Å². The van der Waals surface area contributed by atoms with Gasteiger partial charge in [-0.1, -0.05) is 44.0 Å². The number of halogens is 1. The number of carbonyl (C=O) groups is 2. The monoisotopic (exact) mass is 390 g/mol. The van der Waals surface area contributed by atoms with Crippen LogP contribution < -0.4 is 11.1 Å². The zero-order valence-electron chi connectivity index (χ0n) is 15.7. The summed E-state index contributed by atoms with van der Waals surface area (Å²) in [6.45, 7) is 2.22. The molecule has 1 aliphatic rings. The first-order chi connectivity index (χ1) is 12.5. The van der Waals surface area contributed by atoms with Crippen LogP contribution >= 0.6 is 12.4 Å². The number of nitrogens with one attached hydrogen (secondary N) is 1. The molecule has 0 spiro atoms. The second kappa shape index (κ2) is 9.09. The third-order valence-electron chi connectivity index (χ3n) is 5.44. The van der Waals surface area contributed by atoms with Crippen molar-refractivity contribution in [3.63, 3.8) is 0 Å². The Bertz CT molecular complexity index is 816. The van der Waals surface area contributed by atoms with Crippen LogP contribution in [0, 0.1) is 11.8 Å². The van der Waals surface area contributed by atoms with Gasteiger partial charge in [-0.25, -0.2) is 4.79 Å². The molecular formula is C21H27ClN2O3. The molecule has 6 heteroatoms. The van der Waals surface area contributed by atoms with E-state index in [0.717, 1.165) is 36.5 Å². The standard InChI is InChI=1S/C21H26N2O3.ClH/c1-13-7-9-14(10-8-13)19(21(25)26-2)23-20(24)17-11-15-5-3-4-6-16(15)12-18(17)22;/h3-6,11-14,19H,7-10,22H2,1-2H3,(H,23,24);1H/t13?,14?,19-;/m0./s1. The maximum absolute atomic E-state index is 12.8. The molecule has 1 saturated carbocycles. The molecule has 5 nitrogen and oxygen atoms in total. The van der Waals surface area contributed by atoms with Crippen LogP contribution in [-0.4, -0.2) is 25.0 Å². The summed E-state index contributed by atoms with van der Waals surface area (Å²) in [6.07, 6.45) is 3.95. The molecule has 1 aliphatic carbocycles. The second-order valence-electron chi connectivity index (χ2n) is 7.28. The van der Waals surface area contributed by atoms with Gasteiger partial charge in [0.1, 0.15) is 6.04 Å². The van der Waals surface area contributed by atoms with Crippen molar-refractivity contribution in [2.45, 2.75) is 38.6 Å². The third-order valence-corrected chi connectivity index (χ3v) is 5.44. The molecule has 3 rings (SSSR count). The summed E-state index contributed by atoms with van der Waals surface area (Å²) in [7, 11) is 1.36. The molecule has 146 valence electrons. The number of benzene rings is 2. The average Bonchev–Trinajstić information content (AvgIpc) is 2.65. The van der Waals surface area contributed by atoms with Crippen LogP contribution in [0.3, 0.4) is 0 Å².